The minimum atomic E-state index is -0.499. The summed E-state index contributed by atoms with van der Waals surface area (Å²) in [6, 6.07) is 8.49. The smallest absolute Gasteiger partial charge is 0.341 e. The van der Waals surface area contributed by atoms with Gasteiger partial charge in [0, 0.05) is 13.1 Å². The molecule has 0 fully saturated rings. The number of esters is 1. The first-order valence-corrected chi connectivity index (χ1v) is 12.6. The number of carbonyl (C=O) groups excluding carboxylic acids is 2. The molecule has 8 heteroatoms. The zero-order valence-corrected chi connectivity index (χ0v) is 22.2. The molecule has 2 rings (SSSR count). The number of thiophene rings is 1. The number of nitrogens with one attached hydrogen (secondary N) is 2. The van der Waals surface area contributed by atoms with Crippen LogP contribution in [-0.2, 0) is 4.74 Å². The summed E-state index contributed by atoms with van der Waals surface area (Å²) in [5, 5.41) is 7.28. The molecule has 2 aromatic rings. The largest absolute Gasteiger partial charge is 0.465 e. The Hall–Kier alpha value is -2.45. The number of rotatable bonds is 9. The van der Waals surface area contributed by atoms with Crippen molar-refractivity contribution in [3.05, 3.63) is 51.4 Å². The Morgan fingerprint density at radius 2 is 1.67 bits per heavy atom. The Bertz CT molecular complexity index is 982. The molecule has 0 saturated carbocycles. The minimum absolute atomic E-state index is 0.0320. The van der Waals surface area contributed by atoms with Crippen LogP contribution in [0.1, 0.15) is 89.7 Å². The van der Waals surface area contributed by atoms with Crippen LogP contribution in [0.25, 0.3) is 0 Å². The van der Waals surface area contributed by atoms with Gasteiger partial charge in [0.05, 0.1) is 23.6 Å². The fourth-order valence-electron chi connectivity index (χ4n) is 3.58. The Balaban J connectivity index is 2.22. The van der Waals surface area contributed by atoms with Gasteiger partial charge >= 0.3 is 5.97 Å². The lowest BCUT2D eigenvalue weighted by Gasteiger charge is -2.18. The van der Waals surface area contributed by atoms with Gasteiger partial charge in [0.15, 0.2) is 5.11 Å². The molecule has 0 aliphatic carbocycles. The molecule has 0 aliphatic rings. The number of hydrogen-bond acceptors (Lipinski definition) is 5. The third kappa shape index (κ3) is 6.32. The average Bonchev–Trinajstić information content (AvgIpc) is 3.13. The predicted molar refractivity (Wildman–Crippen MR) is 141 cm³/mol. The second kappa shape index (κ2) is 12.1. The number of amides is 1. The molecule has 2 unspecified atom stereocenters. The van der Waals surface area contributed by atoms with Crippen molar-refractivity contribution in [2.45, 2.75) is 59.9 Å². The summed E-state index contributed by atoms with van der Waals surface area (Å²) >= 11 is 6.76. The normalized spacial score (nSPS) is 12.6. The van der Waals surface area contributed by atoms with Gasteiger partial charge < -0.3 is 20.3 Å². The van der Waals surface area contributed by atoms with E-state index in [4.69, 9.17) is 17.0 Å². The van der Waals surface area contributed by atoms with Gasteiger partial charge in [0.2, 0.25) is 0 Å². The number of anilines is 1. The van der Waals surface area contributed by atoms with E-state index in [1.807, 2.05) is 20.8 Å². The van der Waals surface area contributed by atoms with Crippen LogP contribution in [-0.4, -0.2) is 42.1 Å². The molecule has 2 atom stereocenters. The van der Waals surface area contributed by atoms with Crippen LogP contribution in [0.15, 0.2) is 24.3 Å². The van der Waals surface area contributed by atoms with Crippen molar-refractivity contribution in [1.82, 2.24) is 10.2 Å². The van der Waals surface area contributed by atoms with Crippen LogP contribution in [0.2, 0.25) is 0 Å². The van der Waals surface area contributed by atoms with Crippen LogP contribution in [0.5, 0.6) is 0 Å². The van der Waals surface area contributed by atoms with Gasteiger partial charge in [0.1, 0.15) is 5.00 Å². The maximum absolute atomic E-state index is 13.0. The Kier molecular flexibility index (Phi) is 9.86. The maximum atomic E-state index is 13.0. The lowest BCUT2D eigenvalue weighted by Crippen LogP contribution is -2.31. The lowest BCUT2D eigenvalue weighted by molar-refractivity contribution is 0.0601. The zero-order valence-electron chi connectivity index (χ0n) is 20.6. The molecule has 33 heavy (non-hydrogen) atoms. The summed E-state index contributed by atoms with van der Waals surface area (Å²) in [5.74, 6) is -0.0761. The van der Waals surface area contributed by atoms with E-state index >= 15 is 0 Å². The van der Waals surface area contributed by atoms with Gasteiger partial charge in [-0.25, -0.2) is 4.79 Å². The van der Waals surface area contributed by atoms with Crippen molar-refractivity contribution >= 4 is 45.5 Å². The topological polar surface area (TPSA) is 70.7 Å². The van der Waals surface area contributed by atoms with Gasteiger partial charge in [-0.1, -0.05) is 38.1 Å². The number of ether oxygens (including phenoxy) is 1. The summed E-state index contributed by atoms with van der Waals surface area (Å²) in [6.07, 6.45) is 1.10. The predicted octanol–water partition coefficient (Wildman–Crippen LogP) is 5.89. The van der Waals surface area contributed by atoms with Crippen molar-refractivity contribution in [1.29, 1.82) is 0 Å². The Morgan fingerprint density at radius 1 is 1.09 bits per heavy atom. The van der Waals surface area contributed by atoms with Crippen LogP contribution < -0.4 is 10.6 Å². The average molecular weight is 490 g/mol. The molecular weight excluding hydrogens is 454 g/mol. The Labute approximate surface area is 206 Å². The van der Waals surface area contributed by atoms with Crippen molar-refractivity contribution in [2.24, 2.45) is 0 Å². The van der Waals surface area contributed by atoms with Crippen molar-refractivity contribution in [2.75, 3.05) is 25.5 Å². The number of thiocarbonyl (C=S) groups is 1. The molecule has 1 aromatic carbocycles. The number of benzene rings is 1. The van der Waals surface area contributed by atoms with Gasteiger partial charge in [-0.05, 0) is 68.9 Å². The van der Waals surface area contributed by atoms with E-state index in [9.17, 15) is 9.59 Å². The van der Waals surface area contributed by atoms with Gasteiger partial charge in [-0.15, -0.1) is 11.3 Å². The summed E-state index contributed by atoms with van der Waals surface area (Å²) in [4.78, 5) is 27.7. The standard InChI is InChI=1S/C25H35N3O3S2/c1-8-15(4)18-11-13-19(14-12-18)17(6)26-25(32)27-22-20(24(30)31-7)16(5)21(33-22)23(29)28(9-2)10-3/h11-15,17H,8-10H2,1-7H3,(H2,26,27,32). The van der Waals surface area contributed by atoms with Gasteiger partial charge in [0.25, 0.3) is 5.91 Å². The van der Waals surface area contributed by atoms with Crippen LogP contribution >= 0.6 is 23.6 Å². The molecule has 2 N–H and O–H groups in total. The van der Waals surface area contributed by atoms with Crippen molar-refractivity contribution < 1.29 is 14.3 Å². The van der Waals surface area contributed by atoms with Gasteiger partial charge in [-0.2, -0.15) is 0 Å². The molecule has 0 bridgehead atoms. The SMILES string of the molecule is CCC(C)c1ccc(C(C)NC(=S)Nc2sc(C(=O)N(CC)CC)c(C)c2C(=O)OC)cc1. The molecular formula is C25H35N3O3S2. The molecule has 0 radical (unpaired) electrons. The molecule has 1 amide bonds. The molecule has 0 spiro atoms. The highest BCUT2D eigenvalue weighted by atomic mass is 32.1. The van der Waals surface area contributed by atoms with Gasteiger partial charge in [-0.3, -0.25) is 4.79 Å². The molecule has 1 aromatic heterocycles. The third-order valence-electron chi connectivity index (χ3n) is 5.97. The number of hydrogen-bond donors (Lipinski definition) is 2. The second-order valence-electron chi connectivity index (χ2n) is 8.03. The molecule has 0 aliphatic heterocycles. The first-order chi connectivity index (χ1) is 15.7. The summed E-state index contributed by atoms with van der Waals surface area (Å²) in [6.45, 7) is 13.2. The third-order valence-corrected chi connectivity index (χ3v) is 7.39. The van der Waals surface area contributed by atoms with E-state index < -0.39 is 5.97 Å². The summed E-state index contributed by atoms with van der Waals surface area (Å²) in [7, 11) is 1.33. The van der Waals surface area contributed by atoms with E-state index in [2.05, 4.69) is 48.7 Å². The van der Waals surface area contributed by atoms with E-state index in [-0.39, 0.29) is 11.9 Å². The minimum Gasteiger partial charge on any atom is -0.465 e. The monoisotopic (exact) mass is 489 g/mol. The second-order valence-corrected chi connectivity index (χ2v) is 9.45. The van der Waals surface area contributed by atoms with E-state index in [0.717, 1.165) is 12.0 Å². The fourth-order valence-corrected chi connectivity index (χ4v) is 5.09. The highest BCUT2D eigenvalue weighted by Crippen LogP contribution is 2.34. The number of methoxy groups -OCH3 is 1. The van der Waals surface area contributed by atoms with Crippen molar-refractivity contribution in [3.8, 4) is 0 Å². The quantitative estimate of drug-likeness (QED) is 0.338. The first kappa shape index (κ1) is 26.8. The highest BCUT2D eigenvalue weighted by Gasteiger charge is 2.27. The van der Waals surface area contributed by atoms with Crippen LogP contribution in [0, 0.1) is 6.92 Å². The highest BCUT2D eigenvalue weighted by molar-refractivity contribution is 7.80. The molecule has 1 heterocycles. The lowest BCUT2D eigenvalue weighted by atomic mass is 9.96. The van der Waals surface area contributed by atoms with E-state index in [0.29, 0.717) is 45.1 Å². The summed E-state index contributed by atoms with van der Waals surface area (Å²) < 4.78 is 4.97. The molecule has 180 valence electrons. The first-order valence-electron chi connectivity index (χ1n) is 11.4. The van der Waals surface area contributed by atoms with E-state index in [1.54, 1.807) is 11.8 Å². The Morgan fingerprint density at radius 3 is 2.18 bits per heavy atom. The van der Waals surface area contributed by atoms with Crippen LogP contribution in [0.4, 0.5) is 5.00 Å². The number of nitrogens with zero attached hydrogens (tertiary/aromatic N) is 1. The molecule has 6 nitrogen and oxygen atoms in total. The van der Waals surface area contributed by atoms with Crippen LogP contribution in [0.3, 0.4) is 0 Å². The number of carbonyl (C=O) groups is 2. The fraction of sp³-hybridized carbons (Fsp3) is 0.480. The van der Waals surface area contributed by atoms with E-state index in [1.165, 1.54) is 24.0 Å². The maximum Gasteiger partial charge on any atom is 0.341 e. The van der Waals surface area contributed by atoms with Crippen molar-refractivity contribution in [3.63, 3.8) is 0 Å². The zero-order chi connectivity index (χ0) is 24.7. The summed E-state index contributed by atoms with van der Waals surface area (Å²) in [5.41, 5.74) is 3.37. The molecule has 0 saturated heterocycles.